The summed E-state index contributed by atoms with van der Waals surface area (Å²) in [5.74, 6) is -5.02. The summed E-state index contributed by atoms with van der Waals surface area (Å²) in [5.41, 5.74) is -3.21. The van der Waals surface area contributed by atoms with E-state index in [2.05, 4.69) is 0 Å². The molecule has 0 aliphatic carbocycles. The molecule has 0 aromatic carbocycles. The maximum absolute atomic E-state index is 13.5. The Hall–Kier alpha value is -1.17. The van der Waals surface area contributed by atoms with Crippen molar-refractivity contribution < 1.29 is 28.9 Å². The zero-order chi connectivity index (χ0) is 10.1. The second-order valence-corrected chi connectivity index (χ2v) is 2.88. The van der Waals surface area contributed by atoms with Gasteiger partial charge in [0.25, 0.3) is 0 Å². The molecule has 1 rings (SSSR count). The summed E-state index contributed by atoms with van der Waals surface area (Å²) in [5, 5.41) is 16.9. The largest absolute Gasteiger partial charge is 0.478 e. The second-order valence-electron chi connectivity index (χ2n) is 2.88. The molecule has 1 aliphatic rings. The Morgan fingerprint density at radius 2 is 1.92 bits per heavy atom. The molecule has 1 heterocycles. The first-order valence-electron chi connectivity index (χ1n) is 3.73. The minimum absolute atomic E-state index is 0.120. The van der Waals surface area contributed by atoms with Gasteiger partial charge in [0.1, 0.15) is 0 Å². The van der Waals surface area contributed by atoms with Crippen molar-refractivity contribution in [1.82, 2.24) is 0 Å². The molecule has 6 heteroatoms. The molecule has 0 spiro atoms. The van der Waals surface area contributed by atoms with Crippen LogP contribution in [0.3, 0.4) is 0 Å². The molecule has 1 atom stereocenters. The van der Waals surface area contributed by atoms with Crippen LogP contribution in [0.4, 0.5) is 4.39 Å². The predicted octanol–water partition coefficient (Wildman–Crippen LogP) is -0.0996. The number of aliphatic carboxylic acids is 2. The number of carbonyl (C=O) groups is 2. The van der Waals surface area contributed by atoms with Gasteiger partial charge in [0.05, 0.1) is 6.61 Å². The Labute approximate surface area is 73.1 Å². The molecule has 1 saturated heterocycles. The summed E-state index contributed by atoms with van der Waals surface area (Å²) >= 11 is 0. The van der Waals surface area contributed by atoms with E-state index in [4.69, 9.17) is 14.9 Å². The van der Waals surface area contributed by atoms with Crippen LogP contribution in [0.5, 0.6) is 0 Å². The highest BCUT2D eigenvalue weighted by Gasteiger charge is 2.55. The molecule has 74 valence electrons. The Bertz CT molecular complexity index is 219. The van der Waals surface area contributed by atoms with Gasteiger partial charge < -0.3 is 14.9 Å². The molecule has 0 saturated carbocycles. The highest BCUT2D eigenvalue weighted by molar-refractivity contribution is 6.02. The van der Waals surface area contributed by atoms with Gasteiger partial charge in [-0.05, 0) is 6.42 Å². The van der Waals surface area contributed by atoms with E-state index in [0.717, 1.165) is 0 Å². The van der Waals surface area contributed by atoms with Gasteiger partial charge in [-0.2, -0.15) is 0 Å². The topological polar surface area (TPSA) is 83.8 Å². The minimum Gasteiger partial charge on any atom is -0.478 e. The van der Waals surface area contributed by atoms with Gasteiger partial charge in [-0.1, -0.05) is 0 Å². The van der Waals surface area contributed by atoms with Gasteiger partial charge in [-0.25, -0.2) is 14.0 Å². The molecule has 13 heavy (non-hydrogen) atoms. The third-order valence-electron chi connectivity index (χ3n) is 2.11. The van der Waals surface area contributed by atoms with Crippen molar-refractivity contribution in [2.75, 3.05) is 13.2 Å². The fourth-order valence-electron chi connectivity index (χ4n) is 1.29. The third-order valence-corrected chi connectivity index (χ3v) is 2.11. The average Bonchev–Trinajstić information content (AvgIpc) is 2.54. The third kappa shape index (κ3) is 1.49. The van der Waals surface area contributed by atoms with Crippen LogP contribution in [-0.4, -0.2) is 41.0 Å². The Morgan fingerprint density at radius 1 is 1.38 bits per heavy atom. The van der Waals surface area contributed by atoms with Crippen LogP contribution in [0, 0.1) is 5.92 Å². The van der Waals surface area contributed by atoms with Crippen molar-refractivity contribution in [1.29, 1.82) is 0 Å². The van der Waals surface area contributed by atoms with Crippen molar-refractivity contribution in [3.63, 3.8) is 0 Å². The zero-order valence-electron chi connectivity index (χ0n) is 6.70. The van der Waals surface area contributed by atoms with E-state index in [0.29, 0.717) is 0 Å². The summed E-state index contributed by atoms with van der Waals surface area (Å²) in [6.07, 6.45) is 0.120. The Morgan fingerprint density at radius 3 is 2.23 bits per heavy atom. The molecule has 2 N–H and O–H groups in total. The number of hydrogen-bond donors (Lipinski definition) is 2. The Balaban J connectivity index is 2.89. The zero-order valence-corrected chi connectivity index (χ0v) is 6.70. The number of halogens is 1. The Kier molecular flexibility index (Phi) is 2.51. The SMILES string of the molecule is O=C(O)C(F)(C(=O)O)C1CCOC1. The van der Waals surface area contributed by atoms with Crippen LogP contribution in [0.25, 0.3) is 0 Å². The molecular formula is C7H9FO5. The number of hydrogen-bond acceptors (Lipinski definition) is 3. The molecule has 0 bridgehead atoms. The standard InChI is InChI=1S/C7H9FO5/c8-7(5(9)10,6(11)12)4-1-2-13-3-4/h4H,1-3H2,(H,9,10)(H,11,12). The fourth-order valence-corrected chi connectivity index (χ4v) is 1.29. The molecule has 5 nitrogen and oxygen atoms in total. The molecular weight excluding hydrogens is 183 g/mol. The molecule has 1 fully saturated rings. The van der Waals surface area contributed by atoms with Crippen molar-refractivity contribution in [2.24, 2.45) is 5.92 Å². The minimum atomic E-state index is -3.21. The van der Waals surface area contributed by atoms with Crippen molar-refractivity contribution in [3.05, 3.63) is 0 Å². The quantitative estimate of drug-likeness (QED) is 0.610. The fraction of sp³-hybridized carbons (Fsp3) is 0.714. The van der Waals surface area contributed by atoms with Gasteiger partial charge in [-0.15, -0.1) is 0 Å². The van der Waals surface area contributed by atoms with E-state index in [-0.39, 0.29) is 19.6 Å². The maximum atomic E-state index is 13.5. The lowest BCUT2D eigenvalue weighted by atomic mass is 9.88. The average molecular weight is 192 g/mol. The number of ether oxygens (including phenoxy) is 1. The van der Waals surface area contributed by atoms with Crippen LogP contribution in [0.1, 0.15) is 6.42 Å². The van der Waals surface area contributed by atoms with E-state index < -0.39 is 23.5 Å². The first-order chi connectivity index (χ1) is 5.99. The number of rotatable bonds is 3. The van der Waals surface area contributed by atoms with Crippen molar-refractivity contribution in [3.8, 4) is 0 Å². The number of carboxylic acids is 2. The van der Waals surface area contributed by atoms with E-state index in [9.17, 15) is 14.0 Å². The maximum Gasteiger partial charge on any atom is 0.353 e. The smallest absolute Gasteiger partial charge is 0.353 e. The molecule has 0 radical (unpaired) electrons. The summed E-state index contributed by atoms with van der Waals surface area (Å²) < 4.78 is 18.2. The van der Waals surface area contributed by atoms with E-state index in [1.807, 2.05) is 0 Å². The summed E-state index contributed by atoms with van der Waals surface area (Å²) in [6, 6.07) is 0. The second kappa shape index (κ2) is 3.29. The molecule has 0 aromatic heterocycles. The van der Waals surface area contributed by atoms with E-state index in [1.54, 1.807) is 0 Å². The van der Waals surface area contributed by atoms with E-state index in [1.165, 1.54) is 0 Å². The monoisotopic (exact) mass is 192 g/mol. The highest BCUT2D eigenvalue weighted by atomic mass is 19.1. The van der Waals surface area contributed by atoms with Gasteiger partial charge in [0.2, 0.25) is 0 Å². The first kappa shape index (κ1) is 9.91. The summed E-state index contributed by atoms with van der Waals surface area (Å²) in [7, 11) is 0. The number of carboxylic acid groups (broad SMARTS) is 2. The summed E-state index contributed by atoms with van der Waals surface area (Å²) in [6.45, 7) is 0.0476. The molecule has 1 unspecified atom stereocenters. The van der Waals surface area contributed by atoms with Crippen LogP contribution in [0.2, 0.25) is 0 Å². The van der Waals surface area contributed by atoms with Gasteiger partial charge in [0.15, 0.2) is 0 Å². The van der Waals surface area contributed by atoms with Crippen LogP contribution < -0.4 is 0 Å². The normalized spacial score (nSPS) is 23.0. The van der Waals surface area contributed by atoms with Crippen LogP contribution in [0.15, 0.2) is 0 Å². The lowest BCUT2D eigenvalue weighted by Gasteiger charge is -2.20. The van der Waals surface area contributed by atoms with Crippen molar-refractivity contribution >= 4 is 11.9 Å². The van der Waals surface area contributed by atoms with Gasteiger partial charge in [-0.3, -0.25) is 0 Å². The lowest BCUT2D eigenvalue weighted by Crippen LogP contribution is -2.49. The summed E-state index contributed by atoms with van der Waals surface area (Å²) in [4.78, 5) is 20.9. The molecule has 1 aliphatic heterocycles. The van der Waals surface area contributed by atoms with Gasteiger partial charge in [0, 0.05) is 12.5 Å². The number of alkyl halides is 1. The highest BCUT2D eigenvalue weighted by Crippen LogP contribution is 2.30. The van der Waals surface area contributed by atoms with Crippen LogP contribution in [-0.2, 0) is 14.3 Å². The first-order valence-corrected chi connectivity index (χ1v) is 3.73. The predicted molar refractivity (Wildman–Crippen MR) is 38.0 cm³/mol. The van der Waals surface area contributed by atoms with E-state index >= 15 is 0 Å². The molecule has 0 aromatic rings. The van der Waals surface area contributed by atoms with Crippen LogP contribution >= 0.6 is 0 Å². The molecule has 0 amide bonds. The van der Waals surface area contributed by atoms with Gasteiger partial charge >= 0.3 is 17.6 Å². The van der Waals surface area contributed by atoms with Crippen molar-refractivity contribution in [2.45, 2.75) is 12.1 Å². The lowest BCUT2D eigenvalue weighted by molar-refractivity contribution is -0.172.